The Morgan fingerprint density at radius 3 is 2.70 bits per heavy atom. The number of carbonyl (C=O) groups is 2. The second-order valence-corrected chi connectivity index (χ2v) is 11.2. The molecule has 0 N–H and O–H groups in total. The van der Waals surface area contributed by atoms with Crippen molar-refractivity contribution in [3.05, 3.63) is 70.9 Å². The maximum absolute atomic E-state index is 14.6. The smallest absolute Gasteiger partial charge is 0.270 e. The number of nitrogens with zero attached hydrogens (tertiary/aromatic N) is 4. The van der Waals surface area contributed by atoms with Crippen LogP contribution in [0.3, 0.4) is 0 Å². The fourth-order valence-corrected chi connectivity index (χ4v) is 6.04. The van der Waals surface area contributed by atoms with Crippen LogP contribution in [0.5, 0.6) is 0 Å². The molecule has 2 saturated heterocycles. The average Bonchev–Trinajstić information content (AvgIpc) is 3.27. The zero-order chi connectivity index (χ0) is 28.3. The van der Waals surface area contributed by atoms with Crippen molar-refractivity contribution in [1.82, 2.24) is 14.8 Å². The molecular weight excluding hydrogens is 534 g/mol. The molecule has 2 atom stereocenters. The summed E-state index contributed by atoms with van der Waals surface area (Å²) in [6, 6.07) is 9.34. The first kappa shape index (κ1) is 28.1. The van der Waals surface area contributed by atoms with Crippen LogP contribution in [-0.2, 0) is 4.79 Å². The summed E-state index contributed by atoms with van der Waals surface area (Å²) in [4.78, 5) is 33.7. The van der Waals surface area contributed by atoms with Gasteiger partial charge in [-0.3, -0.25) is 19.5 Å². The molecule has 1 aliphatic carbocycles. The monoisotopic (exact) mass is 564 g/mol. The number of likely N-dealkylation sites (tertiary alicyclic amines) is 2. The lowest BCUT2D eigenvalue weighted by molar-refractivity contribution is -0.140. The highest BCUT2D eigenvalue weighted by Crippen LogP contribution is 2.43. The maximum Gasteiger partial charge on any atom is 0.270 e. The fraction of sp³-hybridized carbons (Fsp3) is 0.419. The number of allylic oxidation sites excluding steroid dienone is 5. The summed E-state index contributed by atoms with van der Waals surface area (Å²) in [5.74, 6) is -3.81. The number of benzene rings is 1. The minimum atomic E-state index is -3.16. The van der Waals surface area contributed by atoms with Gasteiger partial charge in [-0.2, -0.15) is 5.26 Å². The summed E-state index contributed by atoms with van der Waals surface area (Å²) in [7, 11) is 0. The molecule has 3 aliphatic rings. The number of nitriles is 1. The third-order valence-electron chi connectivity index (χ3n) is 7.96. The first-order chi connectivity index (χ1) is 19.2. The Hall–Kier alpha value is -3.41. The Labute approximate surface area is 237 Å². The lowest BCUT2D eigenvalue weighted by Crippen LogP contribution is -2.59. The minimum Gasteiger partial charge on any atom is -0.306 e. The number of alkyl halides is 2. The van der Waals surface area contributed by atoms with E-state index in [-0.39, 0.29) is 24.5 Å². The number of amides is 1. The number of hydrogen-bond donors (Lipinski definition) is 0. The number of pyridine rings is 1. The quantitative estimate of drug-likeness (QED) is 0.360. The lowest BCUT2D eigenvalue weighted by Gasteiger charge is -2.43. The van der Waals surface area contributed by atoms with Gasteiger partial charge >= 0.3 is 0 Å². The molecule has 3 heterocycles. The number of carbonyl (C=O) groups excluding carboxylic acids is 2. The Balaban J connectivity index is 1.31. The molecule has 5 rings (SSSR count). The van der Waals surface area contributed by atoms with E-state index in [1.165, 1.54) is 0 Å². The molecule has 2 fully saturated rings. The lowest BCUT2D eigenvalue weighted by atomic mass is 9.97. The summed E-state index contributed by atoms with van der Waals surface area (Å²) in [6.07, 6.45) is 13.8. The van der Waals surface area contributed by atoms with Crippen LogP contribution >= 0.6 is 11.6 Å². The number of Topliss-reactive ketones (excluding diaryl/α,β-unsaturated/α-hetero) is 1. The van der Waals surface area contributed by atoms with Crippen LogP contribution in [0, 0.1) is 17.2 Å². The SMILES string of the molecule is N#C[C@]1(N2CCCCC2)CC(F)(F)CN1C(=O)CCC(=O)c1ccnc2ccc(/C=C/C3C=CC(Cl)=CC3)cc12. The van der Waals surface area contributed by atoms with Crippen molar-refractivity contribution in [3.8, 4) is 6.07 Å². The third kappa shape index (κ3) is 5.86. The number of rotatable bonds is 7. The van der Waals surface area contributed by atoms with Gasteiger partial charge in [0.2, 0.25) is 5.91 Å². The molecule has 0 spiro atoms. The topological polar surface area (TPSA) is 77.3 Å². The van der Waals surface area contributed by atoms with Gasteiger partial charge in [0.05, 0.1) is 18.5 Å². The predicted octanol–water partition coefficient (Wildman–Crippen LogP) is 6.48. The number of piperidine rings is 1. The van der Waals surface area contributed by atoms with E-state index >= 15 is 0 Å². The van der Waals surface area contributed by atoms with Crippen LogP contribution in [0.1, 0.15) is 60.9 Å². The standard InChI is InChI=1S/C31H31ClF2N4O2/c32-24-9-6-22(7-10-24)4-5-23-8-11-27-26(18-23)25(14-15-36-27)28(39)12-13-29(40)38-21-30(33,34)19-31(38,20-35)37-16-2-1-3-17-37/h4-6,8-11,14-15,18,22H,1-3,7,12-13,16-17,19,21H2/b5-4+/t22?,31-/m0/s1. The molecular formula is C31H31ClF2N4O2. The molecule has 40 heavy (non-hydrogen) atoms. The predicted molar refractivity (Wildman–Crippen MR) is 151 cm³/mol. The van der Waals surface area contributed by atoms with Gasteiger partial charge in [-0.05, 0) is 55.0 Å². The largest absolute Gasteiger partial charge is 0.306 e. The molecule has 2 aromatic rings. The maximum atomic E-state index is 14.6. The van der Waals surface area contributed by atoms with Gasteiger partial charge < -0.3 is 4.90 Å². The summed E-state index contributed by atoms with van der Waals surface area (Å²) >= 11 is 6.00. The van der Waals surface area contributed by atoms with Crippen molar-refractivity contribution in [2.24, 2.45) is 5.92 Å². The number of fused-ring (bicyclic) bond motifs is 1. The van der Waals surface area contributed by atoms with Gasteiger partial charge in [0.1, 0.15) is 6.07 Å². The first-order valence-corrected chi connectivity index (χ1v) is 14.1. The van der Waals surface area contributed by atoms with E-state index in [2.05, 4.69) is 17.1 Å². The highest BCUT2D eigenvalue weighted by molar-refractivity contribution is 6.31. The molecule has 0 radical (unpaired) electrons. The van der Waals surface area contributed by atoms with E-state index in [0.29, 0.717) is 29.6 Å². The van der Waals surface area contributed by atoms with Crippen LogP contribution in [0.25, 0.3) is 17.0 Å². The molecule has 1 unspecified atom stereocenters. The van der Waals surface area contributed by atoms with Crippen LogP contribution in [0.4, 0.5) is 8.78 Å². The zero-order valence-corrected chi connectivity index (χ0v) is 22.9. The number of halogens is 3. The zero-order valence-electron chi connectivity index (χ0n) is 22.2. The van der Waals surface area contributed by atoms with E-state index in [0.717, 1.165) is 41.2 Å². The van der Waals surface area contributed by atoms with Gasteiger partial charge in [-0.15, -0.1) is 0 Å². The second-order valence-electron chi connectivity index (χ2n) is 10.8. The van der Waals surface area contributed by atoms with Gasteiger partial charge in [0, 0.05) is 48.1 Å². The molecule has 0 bridgehead atoms. The Bertz CT molecular complexity index is 1440. The Morgan fingerprint density at radius 1 is 1.18 bits per heavy atom. The van der Waals surface area contributed by atoms with Crippen LogP contribution in [-0.4, -0.2) is 57.7 Å². The average molecular weight is 565 g/mol. The Morgan fingerprint density at radius 2 is 1.98 bits per heavy atom. The highest BCUT2D eigenvalue weighted by Gasteiger charge is 2.60. The normalized spacial score (nSPS) is 24.8. The van der Waals surface area contributed by atoms with Crippen molar-refractivity contribution in [2.75, 3.05) is 19.6 Å². The van der Waals surface area contributed by atoms with Gasteiger partial charge in [-0.1, -0.05) is 48.4 Å². The second kappa shape index (κ2) is 11.6. The summed E-state index contributed by atoms with van der Waals surface area (Å²) < 4.78 is 29.2. The molecule has 1 aromatic heterocycles. The Kier molecular flexibility index (Phi) is 8.16. The van der Waals surface area contributed by atoms with Crippen LogP contribution in [0.15, 0.2) is 59.8 Å². The van der Waals surface area contributed by atoms with Crippen LogP contribution in [0.2, 0.25) is 0 Å². The van der Waals surface area contributed by atoms with E-state index < -0.39 is 30.5 Å². The van der Waals surface area contributed by atoms with Crippen LogP contribution < -0.4 is 0 Å². The highest BCUT2D eigenvalue weighted by atomic mass is 35.5. The summed E-state index contributed by atoms with van der Waals surface area (Å²) in [5, 5.41) is 11.4. The molecule has 1 amide bonds. The van der Waals surface area contributed by atoms with Crippen molar-refractivity contribution in [2.45, 2.75) is 56.5 Å². The number of ketones is 1. The van der Waals surface area contributed by atoms with Crippen molar-refractivity contribution in [3.63, 3.8) is 0 Å². The third-order valence-corrected chi connectivity index (χ3v) is 8.24. The molecule has 9 heteroatoms. The van der Waals surface area contributed by atoms with Crippen molar-refractivity contribution in [1.29, 1.82) is 5.26 Å². The molecule has 6 nitrogen and oxygen atoms in total. The van der Waals surface area contributed by atoms with Gasteiger partial charge in [0.25, 0.3) is 5.92 Å². The van der Waals surface area contributed by atoms with Crippen molar-refractivity contribution < 1.29 is 18.4 Å². The van der Waals surface area contributed by atoms with E-state index in [1.54, 1.807) is 17.2 Å². The van der Waals surface area contributed by atoms with E-state index in [9.17, 15) is 23.6 Å². The fourth-order valence-electron chi connectivity index (χ4n) is 5.87. The van der Waals surface area contributed by atoms with Crippen molar-refractivity contribution >= 4 is 40.3 Å². The molecule has 2 aliphatic heterocycles. The number of aromatic nitrogens is 1. The molecule has 1 aromatic carbocycles. The number of hydrogen-bond acceptors (Lipinski definition) is 5. The van der Waals surface area contributed by atoms with E-state index in [1.807, 2.05) is 42.5 Å². The van der Waals surface area contributed by atoms with E-state index in [4.69, 9.17) is 11.6 Å². The summed E-state index contributed by atoms with van der Waals surface area (Å²) in [5.41, 5.74) is 0.298. The minimum absolute atomic E-state index is 0.151. The van der Waals surface area contributed by atoms with Gasteiger partial charge in [-0.25, -0.2) is 8.78 Å². The summed E-state index contributed by atoms with van der Waals surface area (Å²) in [6.45, 7) is 0.178. The first-order valence-electron chi connectivity index (χ1n) is 13.7. The van der Waals surface area contributed by atoms with Gasteiger partial charge in [0.15, 0.2) is 11.4 Å². The molecule has 208 valence electrons. The molecule has 0 saturated carbocycles.